The normalized spacial score (nSPS) is 23.1. The predicted molar refractivity (Wildman–Crippen MR) is 69.8 cm³/mol. The van der Waals surface area contributed by atoms with Crippen molar-refractivity contribution in [2.75, 3.05) is 26.2 Å². The maximum Gasteiger partial charge on any atom is 0.130 e. The molecular formula is C14H20F2N2O. The lowest BCUT2D eigenvalue weighted by Gasteiger charge is -2.25. The van der Waals surface area contributed by atoms with E-state index in [4.69, 9.17) is 10.5 Å². The molecular weight excluding hydrogens is 250 g/mol. The molecule has 1 aliphatic rings. The first-order chi connectivity index (χ1) is 9.06. The Labute approximate surface area is 112 Å². The molecule has 2 atom stereocenters. The van der Waals surface area contributed by atoms with Gasteiger partial charge < -0.3 is 10.5 Å². The second-order valence-corrected chi connectivity index (χ2v) is 5.07. The van der Waals surface area contributed by atoms with E-state index in [0.29, 0.717) is 12.1 Å². The van der Waals surface area contributed by atoms with Crippen LogP contribution in [-0.4, -0.2) is 37.2 Å². The second kappa shape index (κ2) is 6.41. The lowest BCUT2D eigenvalue weighted by atomic mass is 10.1. The largest absolute Gasteiger partial charge is 0.377 e. The van der Waals surface area contributed by atoms with E-state index in [1.807, 2.05) is 6.92 Å². The van der Waals surface area contributed by atoms with E-state index in [1.165, 1.54) is 12.1 Å². The third-order valence-corrected chi connectivity index (χ3v) is 3.35. The highest BCUT2D eigenvalue weighted by atomic mass is 19.1. The monoisotopic (exact) mass is 270 g/mol. The molecule has 2 N–H and O–H groups in total. The Morgan fingerprint density at radius 1 is 1.47 bits per heavy atom. The molecule has 2 rings (SSSR count). The maximum absolute atomic E-state index is 13.6. The number of rotatable bonds is 3. The van der Waals surface area contributed by atoms with Crippen LogP contribution in [0.25, 0.3) is 0 Å². The topological polar surface area (TPSA) is 38.5 Å². The Morgan fingerprint density at radius 2 is 2.26 bits per heavy atom. The molecule has 0 aromatic heterocycles. The van der Waals surface area contributed by atoms with Gasteiger partial charge in [0.25, 0.3) is 0 Å². The Bertz CT molecular complexity index is 428. The third kappa shape index (κ3) is 3.96. The molecule has 2 unspecified atom stereocenters. The Balaban J connectivity index is 2.01. The second-order valence-electron chi connectivity index (χ2n) is 5.07. The fourth-order valence-electron chi connectivity index (χ4n) is 2.42. The van der Waals surface area contributed by atoms with E-state index in [9.17, 15) is 8.78 Å². The first kappa shape index (κ1) is 14.4. The van der Waals surface area contributed by atoms with Gasteiger partial charge in [-0.3, -0.25) is 4.90 Å². The fourth-order valence-corrected chi connectivity index (χ4v) is 2.42. The first-order valence-corrected chi connectivity index (χ1v) is 6.60. The van der Waals surface area contributed by atoms with Crippen LogP contribution in [0, 0.1) is 11.6 Å². The molecule has 1 fully saturated rings. The summed E-state index contributed by atoms with van der Waals surface area (Å²) in [6.07, 6.45) is 1.11. The summed E-state index contributed by atoms with van der Waals surface area (Å²) in [4.78, 5) is 2.17. The van der Waals surface area contributed by atoms with Crippen LogP contribution in [0.3, 0.4) is 0 Å². The van der Waals surface area contributed by atoms with Crippen molar-refractivity contribution in [1.82, 2.24) is 4.90 Å². The molecule has 1 aromatic rings. The van der Waals surface area contributed by atoms with Gasteiger partial charge in [0.05, 0.1) is 6.10 Å². The molecule has 0 bridgehead atoms. The molecule has 1 aliphatic heterocycles. The molecule has 1 aromatic carbocycles. The van der Waals surface area contributed by atoms with Crippen molar-refractivity contribution in [3.05, 3.63) is 35.4 Å². The van der Waals surface area contributed by atoms with Gasteiger partial charge in [-0.15, -0.1) is 0 Å². The minimum Gasteiger partial charge on any atom is -0.377 e. The van der Waals surface area contributed by atoms with Crippen molar-refractivity contribution in [2.24, 2.45) is 5.73 Å². The highest BCUT2D eigenvalue weighted by molar-refractivity contribution is 5.22. The van der Waals surface area contributed by atoms with Crippen LogP contribution in [-0.2, 0) is 4.74 Å². The lowest BCUT2D eigenvalue weighted by Crippen LogP contribution is -2.36. The standard InChI is InChI=1S/C14H20F2N2O/c1-10-8-18(5-2-6-19-10)9-14(17)12-4-3-11(15)7-13(12)16/h3-4,7,10,14H,2,5-6,8-9,17H2,1H3. The number of nitrogens with zero attached hydrogens (tertiary/aromatic N) is 1. The minimum atomic E-state index is -0.578. The first-order valence-electron chi connectivity index (χ1n) is 6.60. The maximum atomic E-state index is 13.6. The van der Waals surface area contributed by atoms with Crippen LogP contribution >= 0.6 is 0 Å². The average Bonchev–Trinajstić information content (AvgIpc) is 2.53. The summed E-state index contributed by atoms with van der Waals surface area (Å²) in [5.41, 5.74) is 6.39. The number of halogens is 2. The van der Waals surface area contributed by atoms with Crippen LogP contribution in [0.5, 0.6) is 0 Å². The molecule has 106 valence electrons. The van der Waals surface area contributed by atoms with Crippen LogP contribution in [0.2, 0.25) is 0 Å². The minimum absolute atomic E-state index is 0.160. The molecule has 0 aliphatic carbocycles. The van der Waals surface area contributed by atoms with Crippen LogP contribution < -0.4 is 5.73 Å². The number of hydrogen-bond acceptors (Lipinski definition) is 3. The summed E-state index contributed by atoms with van der Waals surface area (Å²) in [5, 5.41) is 0. The van der Waals surface area contributed by atoms with Gasteiger partial charge in [0.1, 0.15) is 11.6 Å². The van der Waals surface area contributed by atoms with E-state index >= 15 is 0 Å². The van der Waals surface area contributed by atoms with Gasteiger partial charge in [-0.1, -0.05) is 6.07 Å². The van der Waals surface area contributed by atoms with Gasteiger partial charge in [0.15, 0.2) is 0 Å². The summed E-state index contributed by atoms with van der Waals surface area (Å²) in [6.45, 7) is 4.99. The molecule has 19 heavy (non-hydrogen) atoms. The zero-order valence-electron chi connectivity index (χ0n) is 11.1. The summed E-state index contributed by atoms with van der Waals surface area (Å²) >= 11 is 0. The van der Waals surface area contributed by atoms with E-state index < -0.39 is 17.7 Å². The van der Waals surface area contributed by atoms with Crippen molar-refractivity contribution >= 4 is 0 Å². The summed E-state index contributed by atoms with van der Waals surface area (Å²) in [5.74, 6) is -1.16. The molecule has 1 saturated heterocycles. The summed E-state index contributed by atoms with van der Waals surface area (Å²) in [6, 6.07) is 3.09. The molecule has 0 saturated carbocycles. The zero-order valence-corrected chi connectivity index (χ0v) is 11.1. The molecule has 3 nitrogen and oxygen atoms in total. The summed E-state index contributed by atoms with van der Waals surface area (Å²) in [7, 11) is 0. The highest BCUT2D eigenvalue weighted by Crippen LogP contribution is 2.18. The van der Waals surface area contributed by atoms with Gasteiger partial charge >= 0.3 is 0 Å². The number of benzene rings is 1. The molecule has 1 heterocycles. The van der Waals surface area contributed by atoms with Crippen molar-refractivity contribution in [3.8, 4) is 0 Å². The van der Waals surface area contributed by atoms with Gasteiger partial charge in [0.2, 0.25) is 0 Å². The summed E-state index contributed by atoms with van der Waals surface area (Å²) < 4.78 is 32.1. The number of nitrogens with two attached hydrogens (primary N) is 1. The van der Waals surface area contributed by atoms with Crippen LogP contribution in [0.15, 0.2) is 18.2 Å². The van der Waals surface area contributed by atoms with Crippen LogP contribution in [0.4, 0.5) is 8.78 Å². The Morgan fingerprint density at radius 3 is 3.00 bits per heavy atom. The number of hydrogen-bond donors (Lipinski definition) is 1. The van der Waals surface area contributed by atoms with Crippen LogP contribution in [0.1, 0.15) is 24.9 Å². The smallest absolute Gasteiger partial charge is 0.130 e. The average molecular weight is 270 g/mol. The Hall–Kier alpha value is -1.04. The van der Waals surface area contributed by atoms with Crippen molar-refractivity contribution in [1.29, 1.82) is 0 Å². The van der Waals surface area contributed by atoms with Gasteiger partial charge in [-0.25, -0.2) is 8.78 Å². The van der Waals surface area contributed by atoms with E-state index in [2.05, 4.69) is 4.90 Å². The quantitative estimate of drug-likeness (QED) is 0.914. The van der Waals surface area contributed by atoms with E-state index in [1.54, 1.807) is 0 Å². The zero-order chi connectivity index (χ0) is 13.8. The number of ether oxygens (including phenoxy) is 1. The van der Waals surface area contributed by atoms with Gasteiger partial charge in [-0.2, -0.15) is 0 Å². The molecule has 0 spiro atoms. The van der Waals surface area contributed by atoms with Crippen molar-refractivity contribution < 1.29 is 13.5 Å². The van der Waals surface area contributed by atoms with Crippen molar-refractivity contribution in [2.45, 2.75) is 25.5 Å². The SMILES string of the molecule is CC1CN(CC(N)c2ccc(F)cc2F)CCCO1. The van der Waals surface area contributed by atoms with Gasteiger partial charge in [-0.05, 0) is 19.4 Å². The van der Waals surface area contributed by atoms with Gasteiger partial charge in [0, 0.05) is 43.9 Å². The predicted octanol–water partition coefficient (Wildman–Crippen LogP) is 2.08. The molecule has 5 heteroatoms. The third-order valence-electron chi connectivity index (χ3n) is 3.35. The molecule has 0 amide bonds. The van der Waals surface area contributed by atoms with E-state index in [0.717, 1.165) is 32.2 Å². The van der Waals surface area contributed by atoms with Crippen molar-refractivity contribution in [3.63, 3.8) is 0 Å². The highest BCUT2D eigenvalue weighted by Gasteiger charge is 2.19. The Kier molecular flexibility index (Phi) is 4.85. The lowest BCUT2D eigenvalue weighted by molar-refractivity contribution is 0.0669. The fraction of sp³-hybridized carbons (Fsp3) is 0.571. The van der Waals surface area contributed by atoms with E-state index in [-0.39, 0.29) is 6.10 Å². The molecule has 0 radical (unpaired) electrons.